The number of phenolic OH excluding ortho intramolecular Hbond substituents is 1. The molecule has 0 bridgehead atoms. The molecule has 3 N–H and O–H groups in total. The first-order valence-electron chi connectivity index (χ1n) is 11.0. The lowest BCUT2D eigenvalue weighted by Crippen LogP contribution is -2.28. The van der Waals surface area contributed by atoms with Crippen molar-refractivity contribution in [1.82, 2.24) is 4.57 Å². The number of carboxylic acid groups (broad SMARTS) is 1. The van der Waals surface area contributed by atoms with Gasteiger partial charge in [-0.25, -0.2) is 13.2 Å². The van der Waals surface area contributed by atoms with Crippen molar-refractivity contribution in [3.05, 3.63) is 59.0 Å². The lowest BCUT2D eigenvalue weighted by atomic mass is 9.81. The topological polar surface area (TPSA) is 91.9 Å². The van der Waals surface area contributed by atoms with Gasteiger partial charge in [-0.15, -0.1) is 0 Å². The number of fused-ring (bicyclic) bond motifs is 1. The molecular formula is C25H26F3NO5. The molecule has 34 heavy (non-hydrogen) atoms. The number of aliphatic hydroxyl groups is 1. The molecule has 0 radical (unpaired) electrons. The third-order valence-corrected chi connectivity index (χ3v) is 6.51. The number of carbonyl (C=O) groups is 1. The highest BCUT2D eigenvalue weighted by atomic mass is 19.2. The maximum atomic E-state index is 14.5. The van der Waals surface area contributed by atoms with Crippen LogP contribution in [0, 0.1) is 23.4 Å². The van der Waals surface area contributed by atoms with Crippen molar-refractivity contribution in [3.63, 3.8) is 0 Å². The van der Waals surface area contributed by atoms with Gasteiger partial charge >= 0.3 is 5.97 Å². The molecule has 1 aliphatic rings. The van der Waals surface area contributed by atoms with Gasteiger partial charge < -0.3 is 24.6 Å². The predicted octanol–water partition coefficient (Wildman–Crippen LogP) is 4.62. The van der Waals surface area contributed by atoms with Crippen LogP contribution in [0.2, 0.25) is 0 Å². The number of aliphatic carboxylic acids is 1. The van der Waals surface area contributed by atoms with E-state index in [1.165, 1.54) is 16.7 Å². The average molecular weight is 477 g/mol. The predicted molar refractivity (Wildman–Crippen MR) is 119 cm³/mol. The summed E-state index contributed by atoms with van der Waals surface area (Å²) in [5, 5.41) is 30.8. The molecule has 9 heteroatoms. The first-order valence-corrected chi connectivity index (χ1v) is 11.0. The molecule has 1 fully saturated rings. The zero-order valence-corrected chi connectivity index (χ0v) is 18.8. The smallest absolute Gasteiger partial charge is 0.308 e. The normalized spacial score (nSPS) is 19.4. The van der Waals surface area contributed by atoms with Gasteiger partial charge in [0.2, 0.25) is 0 Å². The molecule has 4 rings (SSSR count). The number of hydrogen-bond donors (Lipinski definition) is 3. The van der Waals surface area contributed by atoms with Gasteiger partial charge in [0.1, 0.15) is 11.6 Å². The van der Waals surface area contributed by atoms with Gasteiger partial charge in [0.15, 0.2) is 11.6 Å². The third kappa shape index (κ3) is 4.14. The Kier molecular flexibility index (Phi) is 6.35. The molecule has 1 aliphatic heterocycles. The molecule has 1 saturated heterocycles. The largest absolute Gasteiger partial charge is 0.507 e. The SMILES string of the molecule is CC(C)(CO)c1c(C2CCC(C(=O)O)COC2)c2c(O)cc(F)cc2n1-c1ccc(F)c(F)c1. The van der Waals surface area contributed by atoms with Crippen LogP contribution in [0.4, 0.5) is 13.2 Å². The number of rotatable bonds is 5. The second-order valence-electron chi connectivity index (χ2n) is 9.40. The van der Waals surface area contributed by atoms with Crippen LogP contribution < -0.4 is 0 Å². The highest BCUT2D eigenvalue weighted by molar-refractivity contribution is 5.93. The molecule has 0 spiro atoms. The van der Waals surface area contributed by atoms with Gasteiger partial charge in [-0.1, -0.05) is 13.8 Å². The first kappa shape index (κ1) is 24.1. The molecular weight excluding hydrogens is 451 g/mol. The summed E-state index contributed by atoms with van der Waals surface area (Å²) in [5.41, 5.74) is 0.478. The van der Waals surface area contributed by atoms with Crippen LogP contribution in [-0.4, -0.2) is 45.7 Å². The highest BCUT2D eigenvalue weighted by Crippen LogP contribution is 2.46. The van der Waals surface area contributed by atoms with Crippen molar-refractivity contribution in [2.45, 2.75) is 38.0 Å². The van der Waals surface area contributed by atoms with E-state index in [0.717, 1.165) is 18.2 Å². The minimum Gasteiger partial charge on any atom is -0.507 e. The Labute approximate surface area is 194 Å². The van der Waals surface area contributed by atoms with Crippen LogP contribution in [0.25, 0.3) is 16.6 Å². The number of carboxylic acids is 1. The zero-order chi connectivity index (χ0) is 24.8. The molecule has 0 aliphatic carbocycles. The second-order valence-corrected chi connectivity index (χ2v) is 9.40. The van der Waals surface area contributed by atoms with Crippen molar-refractivity contribution in [2.24, 2.45) is 5.92 Å². The summed E-state index contributed by atoms with van der Waals surface area (Å²) in [6.07, 6.45) is 0.720. The molecule has 2 unspecified atom stereocenters. The van der Waals surface area contributed by atoms with Crippen molar-refractivity contribution >= 4 is 16.9 Å². The van der Waals surface area contributed by atoms with Crippen LogP contribution in [-0.2, 0) is 14.9 Å². The van der Waals surface area contributed by atoms with Crippen molar-refractivity contribution in [2.75, 3.05) is 19.8 Å². The fourth-order valence-electron chi connectivity index (χ4n) is 4.77. The van der Waals surface area contributed by atoms with E-state index >= 15 is 0 Å². The Balaban J connectivity index is 2.06. The van der Waals surface area contributed by atoms with E-state index < -0.39 is 40.7 Å². The van der Waals surface area contributed by atoms with E-state index in [1.54, 1.807) is 13.8 Å². The number of phenols is 1. The lowest BCUT2D eigenvalue weighted by Gasteiger charge is -2.29. The number of aromatic nitrogens is 1. The van der Waals surface area contributed by atoms with Gasteiger partial charge in [0.05, 0.1) is 31.3 Å². The van der Waals surface area contributed by atoms with E-state index in [4.69, 9.17) is 4.74 Å². The number of nitrogens with zero attached hydrogens (tertiary/aromatic N) is 1. The first-order chi connectivity index (χ1) is 16.0. The van der Waals surface area contributed by atoms with Crippen molar-refractivity contribution in [1.29, 1.82) is 0 Å². The Morgan fingerprint density at radius 2 is 1.85 bits per heavy atom. The number of ether oxygens (including phenoxy) is 1. The lowest BCUT2D eigenvalue weighted by molar-refractivity contribution is -0.143. The van der Waals surface area contributed by atoms with Crippen LogP contribution in [0.15, 0.2) is 30.3 Å². The highest BCUT2D eigenvalue weighted by Gasteiger charge is 2.37. The molecule has 1 aromatic heterocycles. The Morgan fingerprint density at radius 1 is 1.12 bits per heavy atom. The number of aromatic hydroxyl groups is 1. The fraction of sp³-hybridized carbons (Fsp3) is 0.400. The van der Waals surface area contributed by atoms with E-state index in [-0.39, 0.29) is 36.8 Å². The van der Waals surface area contributed by atoms with Gasteiger partial charge in [0, 0.05) is 40.2 Å². The van der Waals surface area contributed by atoms with Gasteiger partial charge in [-0.3, -0.25) is 4.79 Å². The Bertz CT molecular complexity index is 1250. The maximum Gasteiger partial charge on any atom is 0.308 e. The van der Waals surface area contributed by atoms with Gasteiger partial charge in [-0.05, 0) is 36.6 Å². The summed E-state index contributed by atoms with van der Waals surface area (Å²) < 4.78 is 49.6. The summed E-state index contributed by atoms with van der Waals surface area (Å²) >= 11 is 0. The standard InChI is InChI=1S/C25H26F3NO5/c1-25(2,12-30)23-21(13-3-4-14(24(32)33)11-34-10-13)22-19(7-15(26)8-20(22)31)29(23)16-5-6-17(27)18(28)9-16/h5-9,13-14,30-31H,3-4,10-12H2,1-2H3,(H,32,33). The third-order valence-electron chi connectivity index (χ3n) is 6.51. The molecule has 3 aromatic rings. The fourth-order valence-corrected chi connectivity index (χ4v) is 4.77. The molecule has 0 amide bonds. The number of hydrogen-bond acceptors (Lipinski definition) is 4. The Morgan fingerprint density at radius 3 is 2.50 bits per heavy atom. The minimum absolute atomic E-state index is 0.0347. The second kappa shape index (κ2) is 8.96. The van der Waals surface area contributed by atoms with Crippen LogP contribution >= 0.6 is 0 Å². The van der Waals surface area contributed by atoms with Gasteiger partial charge in [-0.2, -0.15) is 0 Å². The monoisotopic (exact) mass is 477 g/mol. The van der Waals surface area contributed by atoms with Crippen LogP contribution in [0.5, 0.6) is 5.75 Å². The summed E-state index contributed by atoms with van der Waals surface area (Å²) in [6.45, 7) is 3.33. The van der Waals surface area contributed by atoms with Crippen LogP contribution in [0.3, 0.4) is 0 Å². The summed E-state index contributed by atoms with van der Waals surface area (Å²) in [6, 6.07) is 5.42. The summed E-state index contributed by atoms with van der Waals surface area (Å²) in [4.78, 5) is 11.5. The van der Waals surface area contributed by atoms with Crippen molar-refractivity contribution in [3.8, 4) is 11.4 Å². The Hall–Kier alpha value is -3.04. The zero-order valence-electron chi connectivity index (χ0n) is 18.8. The molecule has 6 nitrogen and oxygen atoms in total. The van der Waals surface area contributed by atoms with E-state index in [1.807, 2.05) is 0 Å². The van der Waals surface area contributed by atoms with Crippen LogP contribution in [0.1, 0.15) is 43.9 Å². The minimum atomic E-state index is -1.10. The van der Waals surface area contributed by atoms with E-state index in [9.17, 15) is 33.3 Å². The maximum absolute atomic E-state index is 14.5. The average Bonchev–Trinajstić information content (AvgIpc) is 2.93. The van der Waals surface area contributed by atoms with E-state index in [0.29, 0.717) is 29.5 Å². The quantitative estimate of drug-likeness (QED) is 0.499. The number of halogens is 3. The van der Waals surface area contributed by atoms with Crippen molar-refractivity contribution < 1.29 is 38.0 Å². The number of aliphatic hydroxyl groups excluding tert-OH is 1. The molecule has 2 atom stereocenters. The number of benzene rings is 2. The molecule has 182 valence electrons. The molecule has 0 saturated carbocycles. The summed E-state index contributed by atoms with van der Waals surface area (Å²) in [5.74, 6) is -5.27. The molecule has 2 aromatic carbocycles. The summed E-state index contributed by atoms with van der Waals surface area (Å²) in [7, 11) is 0. The van der Waals surface area contributed by atoms with E-state index in [2.05, 4.69) is 0 Å². The molecule has 2 heterocycles. The van der Waals surface area contributed by atoms with Gasteiger partial charge in [0.25, 0.3) is 0 Å².